The fraction of sp³-hybridized carbons (Fsp3) is 0.188. The third-order valence-electron chi connectivity index (χ3n) is 3.63. The van der Waals surface area contributed by atoms with E-state index in [1.54, 1.807) is 5.12 Å². The van der Waals surface area contributed by atoms with Crippen LogP contribution in [0.15, 0.2) is 60.7 Å². The average molecular weight is 282 g/mol. The Labute approximate surface area is 124 Å². The van der Waals surface area contributed by atoms with Crippen LogP contribution in [0.3, 0.4) is 0 Å². The van der Waals surface area contributed by atoms with Crippen molar-refractivity contribution < 1.29 is 4.79 Å². The van der Waals surface area contributed by atoms with Crippen LogP contribution < -0.4 is 15.7 Å². The third kappa shape index (κ3) is 2.43. The molecule has 5 nitrogen and oxygen atoms in total. The average Bonchev–Trinajstić information content (AvgIpc) is 2.54. The second kappa shape index (κ2) is 5.46. The van der Waals surface area contributed by atoms with Crippen LogP contribution in [0.2, 0.25) is 0 Å². The van der Waals surface area contributed by atoms with E-state index in [1.807, 2.05) is 84.8 Å². The molecule has 1 unspecified atom stereocenters. The molecular formula is C16H18N4O. The monoisotopic (exact) mass is 282 g/mol. The molecule has 1 atom stereocenters. The number of nitrogens with zero attached hydrogens (tertiary/aromatic N) is 3. The Hall–Kier alpha value is -2.53. The van der Waals surface area contributed by atoms with Crippen LogP contribution in [-0.4, -0.2) is 24.0 Å². The van der Waals surface area contributed by atoms with E-state index in [0.717, 1.165) is 11.4 Å². The SMILES string of the molecule is CC1C(=O)NN(c2ccccc2)N(c2ccccc2)N1C. The molecule has 2 aromatic rings. The highest BCUT2D eigenvalue weighted by Crippen LogP contribution is 2.25. The lowest BCUT2D eigenvalue weighted by molar-refractivity contribution is -0.128. The molecule has 1 fully saturated rings. The minimum atomic E-state index is -0.245. The van der Waals surface area contributed by atoms with E-state index in [9.17, 15) is 4.79 Å². The maximum Gasteiger partial charge on any atom is 0.259 e. The van der Waals surface area contributed by atoms with E-state index >= 15 is 0 Å². The van der Waals surface area contributed by atoms with Crippen LogP contribution in [0.5, 0.6) is 0 Å². The smallest absolute Gasteiger partial charge is 0.259 e. The van der Waals surface area contributed by atoms with Gasteiger partial charge in [0.05, 0.1) is 11.4 Å². The van der Waals surface area contributed by atoms with Crippen molar-refractivity contribution >= 4 is 17.3 Å². The van der Waals surface area contributed by atoms with Crippen LogP contribution in [-0.2, 0) is 4.79 Å². The number of carbonyl (C=O) groups excluding carboxylic acids is 1. The zero-order valence-corrected chi connectivity index (χ0v) is 12.1. The van der Waals surface area contributed by atoms with Crippen molar-refractivity contribution in [1.29, 1.82) is 0 Å². The van der Waals surface area contributed by atoms with Gasteiger partial charge in [0.15, 0.2) is 0 Å². The summed E-state index contributed by atoms with van der Waals surface area (Å²) in [5.74, 6) is -0.0338. The molecule has 5 heteroatoms. The first-order chi connectivity index (χ1) is 10.2. The van der Waals surface area contributed by atoms with E-state index < -0.39 is 0 Å². The van der Waals surface area contributed by atoms with Crippen molar-refractivity contribution in [2.75, 3.05) is 17.3 Å². The molecule has 1 heterocycles. The van der Waals surface area contributed by atoms with Crippen molar-refractivity contribution in [2.24, 2.45) is 0 Å². The van der Waals surface area contributed by atoms with Gasteiger partial charge < -0.3 is 0 Å². The number of likely N-dealkylation sites (N-methyl/N-ethyl adjacent to an activating group) is 1. The molecule has 0 bridgehead atoms. The van der Waals surface area contributed by atoms with Gasteiger partial charge in [-0.1, -0.05) is 36.4 Å². The number of anilines is 2. The molecule has 0 aromatic heterocycles. The summed E-state index contributed by atoms with van der Waals surface area (Å²) in [4.78, 5) is 12.1. The maximum absolute atomic E-state index is 12.1. The van der Waals surface area contributed by atoms with E-state index in [0.29, 0.717) is 0 Å². The lowest BCUT2D eigenvalue weighted by atomic mass is 10.2. The van der Waals surface area contributed by atoms with Gasteiger partial charge in [-0.3, -0.25) is 4.79 Å². The number of nitrogens with one attached hydrogen (secondary N) is 1. The Morgan fingerprint density at radius 1 is 0.905 bits per heavy atom. The van der Waals surface area contributed by atoms with E-state index in [2.05, 4.69) is 5.43 Å². The standard InChI is InChI=1S/C16H18N4O/c1-13-16(21)17-19(14-9-5-3-6-10-14)20(18(13)2)15-11-7-4-8-12-15/h3-13H,1-2H3,(H,17,21). The molecule has 3 rings (SSSR count). The van der Waals surface area contributed by atoms with Gasteiger partial charge >= 0.3 is 0 Å². The first-order valence-corrected chi connectivity index (χ1v) is 6.92. The van der Waals surface area contributed by atoms with E-state index in [1.165, 1.54) is 0 Å². The number of benzene rings is 2. The van der Waals surface area contributed by atoms with Gasteiger partial charge in [0.2, 0.25) is 0 Å². The quantitative estimate of drug-likeness (QED) is 0.916. The van der Waals surface area contributed by atoms with Gasteiger partial charge in [0.1, 0.15) is 6.04 Å². The molecule has 0 radical (unpaired) electrons. The summed E-state index contributed by atoms with van der Waals surface area (Å²) in [7, 11) is 1.91. The highest BCUT2D eigenvalue weighted by atomic mass is 16.2. The predicted molar refractivity (Wildman–Crippen MR) is 83.2 cm³/mol. The van der Waals surface area contributed by atoms with Crippen molar-refractivity contribution in [1.82, 2.24) is 10.4 Å². The first-order valence-electron chi connectivity index (χ1n) is 6.92. The number of hydrogen-bond donors (Lipinski definition) is 1. The van der Waals surface area contributed by atoms with Crippen LogP contribution in [0.25, 0.3) is 0 Å². The molecule has 1 aliphatic heterocycles. The predicted octanol–water partition coefficient (Wildman–Crippen LogP) is 2.19. The van der Waals surface area contributed by atoms with Crippen molar-refractivity contribution in [3.63, 3.8) is 0 Å². The highest BCUT2D eigenvalue weighted by Gasteiger charge is 2.35. The fourth-order valence-corrected chi connectivity index (χ4v) is 2.32. The summed E-state index contributed by atoms with van der Waals surface area (Å²) in [6, 6.07) is 19.5. The Bertz CT molecular complexity index is 617. The summed E-state index contributed by atoms with van der Waals surface area (Å²) >= 11 is 0. The molecule has 1 aliphatic rings. The fourth-order valence-electron chi connectivity index (χ4n) is 2.32. The number of para-hydroxylation sites is 2. The van der Waals surface area contributed by atoms with Crippen LogP contribution in [0.4, 0.5) is 11.4 Å². The molecule has 2 aromatic carbocycles. The Balaban J connectivity index is 2.04. The maximum atomic E-state index is 12.1. The molecule has 21 heavy (non-hydrogen) atoms. The summed E-state index contributed by atoms with van der Waals surface area (Å²) in [6.07, 6.45) is 0. The summed E-state index contributed by atoms with van der Waals surface area (Å²) < 4.78 is 0. The number of amides is 1. The zero-order chi connectivity index (χ0) is 14.8. The molecule has 1 N–H and O–H groups in total. The number of hydrogen-bond acceptors (Lipinski definition) is 4. The van der Waals surface area contributed by atoms with Crippen LogP contribution in [0, 0.1) is 0 Å². The van der Waals surface area contributed by atoms with Gasteiger partial charge in [0.25, 0.3) is 5.91 Å². The molecular weight excluding hydrogens is 264 g/mol. The minimum Gasteiger partial charge on any atom is -0.271 e. The number of carbonyl (C=O) groups is 1. The van der Waals surface area contributed by atoms with Gasteiger partial charge in [-0.05, 0) is 31.2 Å². The van der Waals surface area contributed by atoms with Gasteiger partial charge in [0, 0.05) is 7.05 Å². The van der Waals surface area contributed by atoms with Gasteiger partial charge in [-0.15, -0.1) is 0 Å². The summed E-state index contributed by atoms with van der Waals surface area (Å²) in [5, 5.41) is 5.64. The minimum absolute atomic E-state index is 0.0338. The highest BCUT2D eigenvalue weighted by molar-refractivity contribution is 5.85. The summed E-state index contributed by atoms with van der Waals surface area (Å²) in [6.45, 7) is 1.88. The molecule has 0 spiro atoms. The molecule has 108 valence electrons. The number of rotatable bonds is 2. The normalized spacial score (nSPS) is 19.5. The van der Waals surface area contributed by atoms with Crippen molar-refractivity contribution in [2.45, 2.75) is 13.0 Å². The largest absolute Gasteiger partial charge is 0.271 e. The van der Waals surface area contributed by atoms with Crippen molar-refractivity contribution in [3.05, 3.63) is 60.7 Å². The van der Waals surface area contributed by atoms with Gasteiger partial charge in [-0.2, -0.15) is 15.2 Å². The second-order valence-corrected chi connectivity index (χ2v) is 5.00. The first kappa shape index (κ1) is 13.5. The van der Waals surface area contributed by atoms with Crippen LogP contribution >= 0.6 is 0 Å². The molecule has 0 aliphatic carbocycles. The Kier molecular flexibility index (Phi) is 3.50. The molecule has 0 saturated carbocycles. The zero-order valence-electron chi connectivity index (χ0n) is 12.1. The topological polar surface area (TPSA) is 38.8 Å². The van der Waals surface area contributed by atoms with E-state index in [4.69, 9.17) is 0 Å². The van der Waals surface area contributed by atoms with Crippen LogP contribution in [0.1, 0.15) is 6.92 Å². The summed E-state index contributed by atoms with van der Waals surface area (Å²) in [5.41, 5.74) is 4.82. The van der Waals surface area contributed by atoms with E-state index in [-0.39, 0.29) is 11.9 Å². The lowest BCUT2D eigenvalue weighted by Crippen LogP contribution is -2.70. The Morgan fingerprint density at radius 2 is 1.43 bits per heavy atom. The third-order valence-corrected chi connectivity index (χ3v) is 3.63. The Morgan fingerprint density at radius 3 is 2.00 bits per heavy atom. The van der Waals surface area contributed by atoms with Crippen molar-refractivity contribution in [3.8, 4) is 0 Å². The second-order valence-electron chi connectivity index (χ2n) is 5.00. The lowest BCUT2D eigenvalue weighted by Gasteiger charge is -2.48. The van der Waals surface area contributed by atoms with Gasteiger partial charge in [-0.25, -0.2) is 5.43 Å². The number of hydrazine groups is 3. The molecule has 1 amide bonds. The molecule has 1 saturated heterocycles.